The Morgan fingerprint density at radius 2 is 1.42 bits per heavy atom. The van der Waals surface area contributed by atoms with E-state index in [1.54, 1.807) is 30.3 Å². The van der Waals surface area contributed by atoms with Gasteiger partial charge in [-0.05, 0) is 75.7 Å². The van der Waals surface area contributed by atoms with Crippen LogP contribution in [0.4, 0.5) is 5.69 Å². The minimum Gasteiger partial charge on any atom is -0.298 e. The highest BCUT2D eigenvalue weighted by atomic mass is 35.5. The average molecular weight is 443 g/mol. The highest BCUT2D eigenvalue weighted by molar-refractivity contribution is 7.80. The van der Waals surface area contributed by atoms with Crippen molar-refractivity contribution in [2.45, 2.75) is 0 Å². The van der Waals surface area contributed by atoms with Gasteiger partial charge in [0.15, 0.2) is 5.11 Å². The topological polar surface area (TPSA) is 49.4 Å². The Labute approximate surface area is 188 Å². The number of carbonyl (C=O) groups is 2. The normalized spacial score (nSPS) is 15.7. The van der Waals surface area contributed by atoms with Gasteiger partial charge in [-0.1, -0.05) is 60.1 Å². The molecule has 0 saturated carbocycles. The van der Waals surface area contributed by atoms with E-state index in [2.05, 4.69) is 11.4 Å². The van der Waals surface area contributed by atoms with E-state index in [0.29, 0.717) is 10.7 Å². The molecule has 1 aliphatic rings. The molecule has 1 saturated heterocycles. The van der Waals surface area contributed by atoms with Crippen LogP contribution in [0, 0.1) is 0 Å². The van der Waals surface area contributed by atoms with Gasteiger partial charge in [-0.2, -0.15) is 0 Å². The van der Waals surface area contributed by atoms with Gasteiger partial charge in [0.1, 0.15) is 5.57 Å². The van der Waals surface area contributed by atoms with E-state index < -0.39 is 11.8 Å². The monoisotopic (exact) mass is 442 g/mol. The number of nitrogens with one attached hydrogen (secondary N) is 1. The molecule has 0 aromatic heterocycles. The predicted octanol–water partition coefficient (Wildman–Crippen LogP) is 5.48. The molecule has 31 heavy (non-hydrogen) atoms. The van der Waals surface area contributed by atoms with Crippen LogP contribution in [0.2, 0.25) is 5.02 Å². The first-order chi connectivity index (χ1) is 15.0. The van der Waals surface area contributed by atoms with Crippen molar-refractivity contribution in [3.8, 4) is 0 Å². The Morgan fingerprint density at radius 3 is 2.03 bits per heavy atom. The molecule has 1 N–H and O–H groups in total. The minimum atomic E-state index is -0.516. The summed E-state index contributed by atoms with van der Waals surface area (Å²) in [6.07, 6.45) is 1.66. The molecule has 0 radical (unpaired) electrons. The molecule has 150 valence electrons. The third kappa shape index (κ3) is 3.38. The first-order valence-electron chi connectivity index (χ1n) is 9.60. The molecule has 6 heteroatoms. The Kier molecular flexibility index (Phi) is 4.77. The number of benzene rings is 4. The van der Waals surface area contributed by atoms with Crippen LogP contribution in [0.5, 0.6) is 0 Å². The molecule has 0 atom stereocenters. The Balaban J connectivity index is 1.71. The van der Waals surface area contributed by atoms with Crippen molar-refractivity contribution in [3.63, 3.8) is 0 Å². The van der Waals surface area contributed by atoms with Crippen molar-refractivity contribution in [1.82, 2.24) is 5.32 Å². The highest BCUT2D eigenvalue weighted by Crippen LogP contribution is 2.31. The zero-order valence-corrected chi connectivity index (χ0v) is 17.7. The molecule has 1 fully saturated rings. The third-order valence-corrected chi connectivity index (χ3v) is 5.82. The summed E-state index contributed by atoms with van der Waals surface area (Å²) in [5.74, 6) is -0.995. The second kappa shape index (κ2) is 7.61. The Bertz CT molecular complexity index is 1370. The maximum atomic E-state index is 13.4. The number of amides is 2. The number of halogens is 1. The van der Waals surface area contributed by atoms with Crippen LogP contribution < -0.4 is 10.2 Å². The van der Waals surface area contributed by atoms with Gasteiger partial charge < -0.3 is 0 Å². The summed E-state index contributed by atoms with van der Waals surface area (Å²) in [7, 11) is 0. The minimum absolute atomic E-state index is 0.0186. The Hall–Kier alpha value is -3.54. The molecule has 0 bridgehead atoms. The van der Waals surface area contributed by atoms with Crippen LogP contribution in [0.3, 0.4) is 0 Å². The third-order valence-electron chi connectivity index (χ3n) is 5.29. The molecule has 0 unspecified atom stereocenters. The fraction of sp³-hybridized carbons (Fsp3) is 0. The number of fused-ring (bicyclic) bond motifs is 2. The maximum Gasteiger partial charge on any atom is 0.270 e. The molecule has 0 spiro atoms. The number of rotatable bonds is 2. The number of thiocarbonyl (C=S) groups is 1. The summed E-state index contributed by atoms with van der Waals surface area (Å²) in [5, 5.41) is 7.19. The van der Waals surface area contributed by atoms with Crippen molar-refractivity contribution < 1.29 is 9.59 Å². The lowest BCUT2D eigenvalue weighted by molar-refractivity contribution is -0.122. The van der Waals surface area contributed by atoms with Crippen LogP contribution in [0.15, 0.2) is 84.4 Å². The van der Waals surface area contributed by atoms with Gasteiger partial charge in [0.25, 0.3) is 11.8 Å². The first-order valence-corrected chi connectivity index (χ1v) is 10.4. The summed E-state index contributed by atoms with van der Waals surface area (Å²) in [4.78, 5) is 27.5. The van der Waals surface area contributed by atoms with E-state index in [-0.39, 0.29) is 10.7 Å². The second-order valence-electron chi connectivity index (χ2n) is 7.17. The predicted molar refractivity (Wildman–Crippen MR) is 129 cm³/mol. The van der Waals surface area contributed by atoms with Gasteiger partial charge in [0.2, 0.25) is 0 Å². The molecule has 2 amide bonds. The molecule has 1 aliphatic heterocycles. The van der Waals surface area contributed by atoms with Crippen LogP contribution in [0.25, 0.3) is 27.6 Å². The molecule has 4 nitrogen and oxygen atoms in total. The van der Waals surface area contributed by atoms with Gasteiger partial charge in [-0.15, -0.1) is 0 Å². The highest BCUT2D eigenvalue weighted by Gasteiger charge is 2.34. The number of carbonyl (C=O) groups excluding carboxylic acids is 2. The average Bonchev–Trinajstić information content (AvgIpc) is 2.77. The fourth-order valence-electron chi connectivity index (χ4n) is 3.83. The molecular formula is C25H15ClN2O2S. The van der Waals surface area contributed by atoms with Crippen molar-refractivity contribution in [1.29, 1.82) is 0 Å². The second-order valence-corrected chi connectivity index (χ2v) is 7.99. The standard InChI is InChI=1S/C25H15ClN2O2S/c26-17-9-11-18(12-10-17)28-24(30)22(23(29)27-25(28)31)14-21-19-7-3-1-5-15(19)13-16-6-2-4-8-20(16)21/h1-14H,(H,27,29,31). The molecular weight excluding hydrogens is 428 g/mol. The quantitative estimate of drug-likeness (QED) is 0.193. The lowest BCUT2D eigenvalue weighted by Gasteiger charge is -2.29. The summed E-state index contributed by atoms with van der Waals surface area (Å²) in [5.41, 5.74) is 1.37. The van der Waals surface area contributed by atoms with Crippen LogP contribution in [0.1, 0.15) is 5.56 Å². The van der Waals surface area contributed by atoms with E-state index in [0.717, 1.165) is 27.1 Å². The number of hydrogen-bond acceptors (Lipinski definition) is 3. The van der Waals surface area contributed by atoms with E-state index in [1.165, 1.54) is 4.90 Å². The van der Waals surface area contributed by atoms with Gasteiger partial charge >= 0.3 is 0 Å². The van der Waals surface area contributed by atoms with Crippen LogP contribution in [-0.2, 0) is 9.59 Å². The van der Waals surface area contributed by atoms with E-state index in [4.69, 9.17) is 23.8 Å². The van der Waals surface area contributed by atoms with Crippen LogP contribution >= 0.6 is 23.8 Å². The van der Waals surface area contributed by atoms with Gasteiger partial charge in [0, 0.05) is 5.02 Å². The molecule has 0 aliphatic carbocycles. The van der Waals surface area contributed by atoms with Gasteiger partial charge in [-0.3, -0.25) is 19.8 Å². The zero-order chi connectivity index (χ0) is 21.5. The van der Waals surface area contributed by atoms with Gasteiger partial charge in [-0.25, -0.2) is 0 Å². The molecule has 5 rings (SSSR count). The summed E-state index contributed by atoms with van der Waals surface area (Å²) >= 11 is 11.3. The van der Waals surface area contributed by atoms with E-state index in [9.17, 15) is 9.59 Å². The summed E-state index contributed by atoms with van der Waals surface area (Å²) in [6, 6.07) is 24.6. The van der Waals surface area contributed by atoms with Gasteiger partial charge in [0.05, 0.1) is 5.69 Å². The Morgan fingerprint density at radius 1 is 0.839 bits per heavy atom. The van der Waals surface area contributed by atoms with Crippen molar-refractivity contribution >= 4 is 74.1 Å². The van der Waals surface area contributed by atoms with Crippen LogP contribution in [-0.4, -0.2) is 16.9 Å². The van der Waals surface area contributed by atoms with E-state index in [1.807, 2.05) is 48.5 Å². The maximum absolute atomic E-state index is 13.4. The SMILES string of the molecule is O=C1NC(=S)N(c2ccc(Cl)cc2)C(=O)C1=Cc1c2ccccc2cc2ccccc12. The lowest BCUT2D eigenvalue weighted by atomic mass is 9.94. The number of anilines is 1. The lowest BCUT2D eigenvalue weighted by Crippen LogP contribution is -2.54. The zero-order valence-electron chi connectivity index (χ0n) is 16.1. The van der Waals surface area contributed by atoms with Crippen molar-refractivity contribution in [3.05, 3.63) is 95.0 Å². The molecule has 4 aromatic rings. The van der Waals surface area contributed by atoms with Crippen molar-refractivity contribution in [2.75, 3.05) is 4.90 Å². The molecule has 1 heterocycles. The largest absolute Gasteiger partial charge is 0.298 e. The van der Waals surface area contributed by atoms with E-state index >= 15 is 0 Å². The summed E-state index contributed by atoms with van der Waals surface area (Å²) < 4.78 is 0. The number of nitrogens with zero attached hydrogens (tertiary/aromatic N) is 1. The fourth-order valence-corrected chi connectivity index (χ4v) is 4.24. The molecule has 4 aromatic carbocycles. The van der Waals surface area contributed by atoms with Crippen molar-refractivity contribution in [2.24, 2.45) is 0 Å². The summed E-state index contributed by atoms with van der Waals surface area (Å²) in [6.45, 7) is 0. The smallest absolute Gasteiger partial charge is 0.270 e. The number of hydrogen-bond donors (Lipinski definition) is 1. The first kappa shape index (κ1) is 19.4.